The molecule has 0 aliphatic heterocycles. The molecule has 0 heterocycles. The molecule has 102 valence electrons. The third kappa shape index (κ3) is 3.47. The lowest BCUT2D eigenvalue weighted by atomic mass is 9.83. The van der Waals surface area contributed by atoms with Gasteiger partial charge < -0.3 is 16.2 Å². The third-order valence-electron chi connectivity index (χ3n) is 3.44. The van der Waals surface area contributed by atoms with Crippen molar-refractivity contribution >= 4 is 0 Å². The predicted octanol–water partition coefficient (Wildman–Crippen LogP) is 2.69. The maximum atomic E-state index is 6.29. The largest absolute Gasteiger partial charge is 0.496 e. The molecule has 0 aliphatic rings. The number of hydrogen-bond acceptors (Lipinski definition) is 3. The van der Waals surface area contributed by atoms with Crippen LogP contribution in [0.3, 0.4) is 0 Å². The summed E-state index contributed by atoms with van der Waals surface area (Å²) in [7, 11) is 1.70. The highest BCUT2D eigenvalue weighted by molar-refractivity contribution is 5.44. The Bertz CT molecular complexity index is 390. The molecule has 18 heavy (non-hydrogen) atoms. The molecule has 0 aliphatic carbocycles. The first-order valence-corrected chi connectivity index (χ1v) is 6.41. The van der Waals surface area contributed by atoms with Crippen LogP contribution in [0.4, 0.5) is 0 Å². The average molecular weight is 250 g/mol. The van der Waals surface area contributed by atoms with Gasteiger partial charge in [0, 0.05) is 6.04 Å². The first kappa shape index (κ1) is 15.0. The second-order valence-electron chi connectivity index (χ2n) is 5.87. The van der Waals surface area contributed by atoms with Crippen molar-refractivity contribution in [3.63, 3.8) is 0 Å². The molecule has 3 nitrogen and oxygen atoms in total. The van der Waals surface area contributed by atoms with Crippen LogP contribution < -0.4 is 16.2 Å². The van der Waals surface area contributed by atoms with Gasteiger partial charge in [-0.1, -0.05) is 26.0 Å². The fourth-order valence-corrected chi connectivity index (χ4v) is 2.32. The molecular formula is C15H26N2O. The van der Waals surface area contributed by atoms with Crippen molar-refractivity contribution in [1.29, 1.82) is 0 Å². The van der Waals surface area contributed by atoms with Crippen LogP contribution in [0.15, 0.2) is 12.1 Å². The van der Waals surface area contributed by atoms with Gasteiger partial charge in [-0.25, -0.2) is 0 Å². The summed E-state index contributed by atoms with van der Waals surface area (Å²) in [4.78, 5) is 0. The van der Waals surface area contributed by atoms with E-state index in [0.717, 1.165) is 28.9 Å². The van der Waals surface area contributed by atoms with Gasteiger partial charge in [-0.2, -0.15) is 0 Å². The Morgan fingerprint density at radius 1 is 1.22 bits per heavy atom. The van der Waals surface area contributed by atoms with Gasteiger partial charge in [0.2, 0.25) is 0 Å². The molecule has 0 saturated heterocycles. The van der Waals surface area contributed by atoms with Crippen LogP contribution in [-0.4, -0.2) is 13.7 Å². The zero-order valence-electron chi connectivity index (χ0n) is 12.2. The second kappa shape index (κ2) is 5.72. The fraction of sp³-hybridized carbons (Fsp3) is 0.600. The normalized spacial score (nSPS) is 13.5. The van der Waals surface area contributed by atoms with Crippen molar-refractivity contribution in [2.24, 2.45) is 16.9 Å². The van der Waals surface area contributed by atoms with Crippen LogP contribution in [0.2, 0.25) is 0 Å². The lowest BCUT2D eigenvalue weighted by Gasteiger charge is -2.27. The van der Waals surface area contributed by atoms with E-state index in [1.807, 2.05) is 0 Å². The van der Waals surface area contributed by atoms with E-state index >= 15 is 0 Å². The molecule has 0 saturated carbocycles. The maximum absolute atomic E-state index is 6.29. The number of ether oxygens (including phenoxy) is 1. The van der Waals surface area contributed by atoms with Crippen LogP contribution in [0.25, 0.3) is 0 Å². The van der Waals surface area contributed by atoms with Gasteiger partial charge in [-0.05, 0) is 48.9 Å². The van der Waals surface area contributed by atoms with Gasteiger partial charge in [-0.3, -0.25) is 0 Å². The highest BCUT2D eigenvalue weighted by atomic mass is 16.5. The van der Waals surface area contributed by atoms with Crippen molar-refractivity contribution in [2.75, 3.05) is 13.7 Å². The van der Waals surface area contributed by atoms with Crippen LogP contribution in [0.5, 0.6) is 5.75 Å². The van der Waals surface area contributed by atoms with E-state index in [-0.39, 0.29) is 11.5 Å². The highest BCUT2D eigenvalue weighted by Crippen LogP contribution is 2.31. The Morgan fingerprint density at radius 2 is 1.72 bits per heavy atom. The van der Waals surface area contributed by atoms with Crippen molar-refractivity contribution in [2.45, 2.75) is 40.2 Å². The van der Waals surface area contributed by atoms with E-state index in [1.165, 1.54) is 0 Å². The van der Waals surface area contributed by atoms with Crippen molar-refractivity contribution in [3.8, 4) is 5.75 Å². The number of methoxy groups -OCH3 is 1. The van der Waals surface area contributed by atoms with Crippen LogP contribution in [0.1, 0.15) is 43.0 Å². The van der Waals surface area contributed by atoms with E-state index in [1.54, 1.807) is 7.11 Å². The molecule has 1 atom stereocenters. The molecule has 0 aromatic heterocycles. The van der Waals surface area contributed by atoms with Crippen molar-refractivity contribution in [1.82, 2.24) is 0 Å². The van der Waals surface area contributed by atoms with Crippen LogP contribution in [0, 0.1) is 19.3 Å². The van der Waals surface area contributed by atoms with Crippen molar-refractivity contribution < 1.29 is 4.74 Å². The zero-order chi connectivity index (χ0) is 13.9. The van der Waals surface area contributed by atoms with Gasteiger partial charge in [0.15, 0.2) is 0 Å². The van der Waals surface area contributed by atoms with E-state index in [9.17, 15) is 0 Å². The van der Waals surface area contributed by atoms with Gasteiger partial charge in [0.1, 0.15) is 5.75 Å². The van der Waals surface area contributed by atoms with Gasteiger partial charge in [0.05, 0.1) is 7.11 Å². The molecule has 1 rings (SSSR count). The monoisotopic (exact) mass is 250 g/mol. The summed E-state index contributed by atoms with van der Waals surface area (Å²) in [6.07, 6.45) is 0.884. The van der Waals surface area contributed by atoms with Gasteiger partial charge in [0.25, 0.3) is 0 Å². The fourth-order valence-electron chi connectivity index (χ4n) is 2.32. The number of hydrogen-bond donors (Lipinski definition) is 2. The van der Waals surface area contributed by atoms with Crippen molar-refractivity contribution in [3.05, 3.63) is 28.8 Å². The standard InChI is InChI=1S/C15H26N2O/c1-10-6-12(7-11(2)14(10)18-5)13(17)8-15(3,4)9-16/h6-7,13H,8-9,16-17H2,1-5H3. The maximum Gasteiger partial charge on any atom is 0.124 e. The Morgan fingerprint density at radius 3 is 2.11 bits per heavy atom. The number of aryl methyl sites for hydroxylation is 2. The van der Waals surface area contributed by atoms with Gasteiger partial charge in [-0.15, -0.1) is 0 Å². The molecule has 1 aromatic rings. The first-order chi connectivity index (χ1) is 8.30. The SMILES string of the molecule is COc1c(C)cc(C(N)CC(C)(C)CN)cc1C. The van der Waals surface area contributed by atoms with Crippen LogP contribution >= 0.6 is 0 Å². The topological polar surface area (TPSA) is 61.3 Å². The van der Waals surface area contributed by atoms with E-state index in [0.29, 0.717) is 6.54 Å². The zero-order valence-corrected chi connectivity index (χ0v) is 12.2. The summed E-state index contributed by atoms with van der Waals surface area (Å²) in [5.41, 5.74) is 15.5. The highest BCUT2D eigenvalue weighted by Gasteiger charge is 2.21. The Hall–Kier alpha value is -1.06. The first-order valence-electron chi connectivity index (χ1n) is 6.41. The summed E-state index contributed by atoms with van der Waals surface area (Å²) in [6, 6.07) is 4.25. The lowest BCUT2D eigenvalue weighted by Crippen LogP contribution is -2.28. The predicted molar refractivity (Wildman–Crippen MR) is 76.8 cm³/mol. The van der Waals surface area contributed by atoms with Gasteiger partial charge >= 0.3 is 0 Å². The Kier molecular flexibility index (Phi) is 4.77. The quantitative estimate of drug-likeness (QED) is 0.844. The van der Waals surface area contributed by atoms with E-state index in [2.05, 4.69) is 39.8 Å². The molecule has 0 spiro atoms. The third-order valence-corrected chi connectivity index (χ3v) is 3.44. The molecule has 1 unspecified atom stereocenters. The molecule has 4 N–H and O–H groups in total. The minimum atomic E-state index is 0.0202. The minimum absolute atomic E-state index is 0.0202. The number of benzene rings is 1. The second-order valence-corrected chi connectivity index (χ2v) is 5.87. The summed E-state index contributed by atoms with van der Waals surface area (Å²) in [6.45, 7) is 9.05. The number of rotatable bonds is 5. The molecule has 0 bridgehead atoms. The smallest absolute Gasteiger partial charge is 0.124 e. The molecule has 0 radical (unpaired) electrons. The summed E-state index contributed by atoms with van der Waals surface area (Å²) < 4.78 is 5.37. The molecule has 0 amide bonds. The summed E-state index contributed by atoms with van der Waals surface area (Å²) in [5, 5.41) is 0. The molecule has 0 fully saturated rings. The average Bonchev–Trinajstić information content (AvgIpc) is 2.28. The molecule has 3 heteroatoms. The molecular weight excluding hydrogens is 224 g/mol. The summed E-state index contributed by atoms with van der Waals surface area (Å²) in [5.74, 6) is 0.948. The van der Waals surface area contributed by atoms with Crippen LogP contribution in [-0.2, 0) is 0 Å². The summed E-state index contributed by atoms with van der Waals surface area (Å²) >= 11 is 0. The lowest BCUT2D eigenvalue weighted by molar-refractivity contribution is 0.317. The Balaban J connectivity index is 2.97. The molecule has 1 aromatic carbocycles. The Labute approximate surface area is 111 Å². The van der Waals surface area contributed by atoms with E-state index < -0.39 is 0 Å². The number of nitrogens with two attached hydrogens (primary N) is 2. The minimum Gasteiger partial charge on any atom is -0.496 e. The van der Waals surface area contributed by atoms with E-state index in [4.69, 9.17) is 16.2 Å².